The van der Waals surface area contributed by atoms with Gasteiger partial charge in [-0.25, -0.2) is 4.79 Å². The maximum atomic E-state index is 12.7. The summed E-state index contributed by atoms with van der Waals surface area (Å²) in [5, 5.41) is 10.5. The van der Waals surface area contributed by atoms with E-state index in [9.17, 15) is 14.7 Å². The standard InChI is InChI=1S/C21H19NO6/c1-11(18-19(23)12-7-5-6-8-13(12)20(18)24)22-15-10-17(27-3)16(26-2)9-14(15)21(25)28-4/h5-10,23H,1-4H3. The molecule has 0 bridgehead atoms. The average molecular weight is 381 g/mol. The number of allylic oxidation sites excluding steroid dienone is 1. The number of Topliss-reactive ketones (excluding diaryl/α,β-unsaturated/α-hetero) is 1. The van der Waals surface area contributed by atoms with Gasteiger partial charge in [0.25, 0.3) is 0 Å². The normalized spacial score (nSPS) is 13.4. The van der Waals surface area contributed by atoms with Gasteiger partial charge < -0.3 is 19.3 Å². The molecule has 144 valence electrons. The van der Waals surface area contributed by atoms with E-state index in [0.717, 1.165) is 0 Å². The number of aliphatic hydroxyl groups is 1. The minimum Gasteiger partial charge on any atom is -0.506 e. The van der Waals surface area contributed by atoms with Gasteiger partial charge in [-0.05, 0) is 6.92 Å². The van der Waals surface area contributed by atoms with Crippen LogP contribution in [-0.4, -0.2) is 43.9 Å². The van der Waals surface area contributed by atoms with Gasteiger partial charge in [0.15, 0.2) is 17.3 Å². The Morgan fingerprint density at radius 3 is 2.18 bits per heavy atom. The molecule has 28 heavy (non-hydrogen) atoms. The molecule has 3 rings (SSSR count). The number of aliphatic hydroxyl groups excluding tert-OH is 1. The number of hydrogen-bond acceptors (Lipinski definition) is 7. The molecule has 0 saturated heterocycles. The van der Waals surface area contributed by atoms with Crippen LogP contribution in [0.5, 0.6) is 11.5 Å². The van der Waals surface area contributed by atoms with E-state index in [-0.39, 0.29) is 34.1 Å². The number of hydrogen-bond donors (Lipinski definition) is 1. The molecule has 0 heterocycles. The molecule has 0 atom stereocenters. The summed E-state index contributed by atoms with van der Waals surface area (Å²) in [5.74, 6) is -0.380. The zero-order valence-corrected chi connectivity index (χ0v) is 15.9. The van der Waals surface area contributed by atoms with Crippen LogP contribution in [0.4, 0.5) is 5.69 Å². The molecular weight excluding hydrogens is 362 g/mol. The van der Waals surface area contributed by atoms with Gasteiger partial charge in [0, 0.05) is 23.3 Å². The fourth-order valence-electron chi connectivity index (χ4n) is 3.07. The van der Waals surface area contributed by atoms with Crippen LogP contribution in [0.15, 0.2) is 47.0 Å². The van der Waals surface area contributed by atoms with Gasteiger partial charge in [0.05, 0.1) is 43.9 Å². The minimum absolute atomic E-state index is 0.0896. The predicted molar refractivity (Wildman–Crippen MR) is 104 cm³/mol. The number of methoxy groups -OCH3 is 3. The van der Waals surface area contributed by atoms with Crippen LogP contribution in [-0.2, 0) is 4.74 Å². The molecule has 0 unspecified atom stereocenters. The van der Waals surface area contributed by atoms with Crippen LogP contribution in [0.2, 0.25) is 0 Å². The zero-order chi connectivity index (χ0) is 20.4. The quantitative estimate of drug-likeness (QED) is 0.626. The van der Waals surface area contributed by atoms with Gasteiger partial charge in [-0.1, -0.05) is 24.3 Å². The number of esters is 1. The molecule has 2 aromatic carbocycles. The first-order valence-electron chi connectivity index (χ1n) is 8.40. The number of benzene rings is 2. The van der Waals surface area contributed by atoms with E-state index in [2.05, 4.69) is 4.99 Å². The molecule has 2 aromatic rings. The van der Waals surface area contributed by atoms with Crippen LogP contribution >= 0.6 is 0 Å². The van der Waals surface area contributed by atoms with Crippen LogP contribution in [0.25, 0.3) is 5.76 Å². The first-order valence-corrected chi connectivity index (χ1v) is 8.40. The SMILES string of the molecule is COC(=O)c1cc(OC)c(OC)cc1N=C(C)C1=C(O)c2ccccc2C1=O. The topological polar surface area (TPSA) is 94.4 Å². The van der Waals surface area contributed by atoms with Crippen molar-refractivity contribution in [2.24, 2.45) is 4.99 Å². The summed E-state index contributed by atoms with van der Waals surface area (Å²) in [7, 11) is 4.16. The van der Waals surface area contributed by atoms with Crippen molar-refractivity contribution in [1.29, 1.82) is 0 Å². The molecule has 0 saturated carbocycles. The highest BCUT2D eigenvalue weighted by atomic mass is 16.5. The number of carbonyl (C=O) groups is 2. The zero-order valence-electron chi connectivity index (χ0n) is 15.9. The Labute approximate surface area is 161 Å². The van der Waals surface area contributed by atoms with Crippen LogP contribution in [0.1, 0.15) is 33.2 Å². The molecule has 0 radical (unpaired) electrons. The smallest absolute Gasteiger partial charge is 0.340 e. The van der Waals surface area contributed by atoms with Crippen molar-refractivity contribution in [2.45, 2.75) is 6.92 Å². The lowest BCUT2D eigenvalue weighted by Crippen LogP contribution is -2.08. The third kappa shape index (κ3) is 3.11. The largest absolute Gasteiger partial charge is 0.506 e. The fraction of sp³-hybridized carbons (Fsp3) is 0.190. The molecule has 1 aliphatic rings. The predicted octanol–water partition coefficient (Wildman–Crippen LogP) is 3.75. The van der Waals surface area contributed by atoms with Crippen molar-refractivity contribution in [1.82, 2.24) is 0 Å². The van der Waals surface area contributed by atoms with E-state index in [1.165, 1.54) is 33.5 Å². The van der Waals surface area contributed by atoms with Crippen molar-refractivity contribution < 1.29 is 28.9 Å². The van der Waals surface area contributed by atoms with Crippen molar-refractivity contribution in [3.8, 4) is 11.5 Å². The lowest BCUT2D eigenvalue weighted by molar-refractivity contribution is 0.0601. The Hall–Kier alpha value is -3.61. The number of nitrogens with zero attached hydrogens (tertiary/aromatic N) is 1. The summed E-state index contributed by atoms with van der Waals surface area (Å²) in [5.41, 5.74) is 1.58. The monoisotopic (exact) mass is 381 g/mol. The summed E-state index contributed by atoms with van der Waals surface area (Å²) in [6.07, 6.45) is 0. The highest BCUT2D eigenvalue weighted by Crippen LogP contribution is 2.37. The van der Waals surface area contributed by atoms with Crippen LogP contribution in [0.3, 0.4) is 0 Å². The molecule has 0 fully saturated rings. The summed E-state index contributed by atoms with van der Waals surface area (Å²) in [6.45, 7) is 1.59. The highest BCUT2D eigenvalue weighted by Gasteiger charge is 2.31. The maximum Gasteiger partial charge on any atom is 0.340 e. The van der Waals surface area contributed by atoms with Gasteiger partial charge in [-0.2, -0.15) is 0 Å². The van der Waals surface area contributed by atoms with E-state index in [4.69, 9.17) is 14.2 Å². The highest BCUT2D eigenvalue weighted by molar-refractivity contribution is 6.35. The van der Waals surface area contributed by atoms with Gasteiger partial charge in [-0.3, -0.25) is 9.79 Å². The molecule has 0 spiro atoms. The Bertz CT molecular complexity index is 1040. The maximum absolute atomic E-state index is 12.7. The Balaban J connectivity index is 2.14. The molecule has 0 aliphatic heterocycles. The number of fused-ring (bicyclic) bond motifs is 1. The second-order valence-corrected chi connectivity index (χ2v) is 6.01. The average Bonchev–Trinajstić information content (AvgIpc) is 2.97. The second kappa shape index (κ2) is 7.56. The van der Waals surface area contributed by atoms with Crippen LogP contribution < -0.4 is 9.47 Å². The number of aliphatic imine (C=N–C) groups is 1. The molecular formula is C21H19NO6. The van der Waals surface area contributed by atoms with Crippen molar-refractivity contribution in [3.63, 3.8) is 0 Å². The molecule has 7 nitrogen and oxygen atoms in total. The van der Waals surface area contributed by atoms with Crippen molar-refractivity contribution in [2.75, 3.05) is 21.3 Å². The van der Waals surface area contributed by atoms with Gasteiger partial charge in [0.1, 0.15) is 5.76 Å². The minimum atomic E-state index is -0.619. The Kier molecular flexibility index (Phi) is 5.17. The molecule has 7 heteroatoms. The third-order valence-corrected chi connectivity index (χ3v) is 4.45. The summed E-state index contributed by atoms with van der Waals surface area (Å²) >= 11 is 0. The molecule has 1 N–H and O–H groups in total. The van der Waals surface area contributed by atoms with E-state index in [0.29, 0.717) is 22.6 Å². The van der Waals surface area contributed by atoms with Crippen molar-refractivity contribution >= 4 is 28.9 Å². The van der Waals surface area contributed by atoms with Gasteiger partial charge in [0.2, 0.25) is 0 Å². The number of ether oxygens (including phenoxy) is 3. The lowest BCUT2D eigenvalue weighted by Gasteiger charge is -2.12. The Morgan fingerprint density at radius 2 is 1.61 bits per heavy atom. The van der Waals surface area contributed by atoms with Crippen molar-refractivity contribution in [3.05, 3.63) is 58.7 Å². The third-order valence-electron chi connectivity index (χ3n) is 4.45. The lowest BCUT2D eigenvalue weighted by atomic mass is 10.1. The first-order chi connectivity index (χ1) is 13.4. The Morgan fingerprint density at radius 1 is 1.00 bits per heavy atom. The van der Waals surface area contributed by atoms with Gasteiger partial charge >= 0.3 is 5.97 Å². The summed E-state index contributed by atoms with van der Waals surface area (Å²) in [4.78, 5) is 29.3. The fourth-order valence-corrected chi connectivity index (χ4v) is 3.07. The van der Waals surface area contributed by atoms with E-state index in [1.54, 1.807) is 31.2 Å². The first kappa shape index (κ1) is 19.2. The van der Waals surface area contributed by atoms with E-state index in [1.807, 2.05) is 0 Å². The summed E-state index contributed by atoms with van der Waals surface area (Å²) < 4.78 is 15.3. The van der Waals surface area contributed by atoms with E-state index >= 15 is 0 Å². The number of ketones is 1. The van der Waals surface area contributed by atoms with E-state index < -0.39 is 5.97 Å². The van der Waals surface area contributed by atoms with Crippen LogP contribution in [0, 0.1) is 0 Å². The summed E-state index contributed by atoms with van der Waals surface area (Å²) in [6, 6.07) is 9.74. The second-order valence-electron chi connectivity index (χ2n) is 6.01. The molecule has 0 amide bonds. The van der Waals surface area contributed by atoms with Gasteiger partial charge in [-0.15, -0.1) is 0 Å². The molecule has 0 aromatic heterocycles. The number of carbonyl (C=O) groups excluding carboxylic acids is 2. The molecule has 1 aliphatic carbocycles. The number of rotatable bonds is 5.